The number of pyridine rings is 1. The largest absolute Gasteiger partial charge is 0.419 e. The van der Waals surface area contributed by atoms with Crippen LogP contribution in [0, 0.1) is 5.82 Å². The van der Waals surface area contributed by atoms with E-state index in [1.54, 1.807) is 24.3 Å². The molecule has 0 spiro atoms. The van der Waals surface area contributed by atoms with Crippen LogP contribution in [0.25, 0.3) is 5.82 Å². The lowest BCUT2D eigenvalue weighted by atomic mass is 10.0. The summed E-state index contributed by atoms with van der Waals surface area (Å²) < 4.78 is 52.2. The van der Waals surface area contributed by atoms with Gasteiger partial charge in [0.05, 0.1) is 29.7 Å². The van der Waals surface area contributed by atoms with Crippen LogP contribution in [0.3, 0.4) is 0 Å². The predicted molar refractivity (Wildman–Crippen MR) is 94.0 cm³/mol. The van der Waals surface area contributed by atoms with Crippen LogP contribution >= 0.6 is 0 Å². The second kappa shape index (κ2) is 7.77. The fourth-order valence-electron chi connectivity index (χ4n) is 2.71. The molecule has 0 saturated carbocycles. The van der Waals surface area contributed by atoms with E-state index in [1.807, 2.05) is 0 Å². The Balaban J connectivity index is 1.75. The van der Waals surface area contributed by atoms with Crippen molar-refractivity contribution in [2.24, 2.45) is 0 Å². The van der Waals surface area contributed by atoms with Crippen LogP contribution < -0.4 is 5.32 Å². The molecular formula is C19H18F4N4. The fourth-order valence-corrected chi connectivity index (χ4v) is 2.71. The van der Waals surface area contributed by atoms with E-state index in [9.17, 15) is 17.6 Å². The van der Waals surface area contributed by atoms with Crippen molar-refractivity contribution in [2.75, 3.05) is 5.32 Å². The highest BCUT2D eigenvalue weighted by Crippen LogP contribution is 2.29. The Morgan fingerprint density at radius 1 is 1.07 bits per heavy atom. The van der Waals surface area contributed by atoms with E-state index < -0.39 is 11.7 Å². The Labute approximate surface area is 153 Å². The highest BCUT2D eigenvalue weighted by Gasteiger charge is 2.32. The van der Waals surface area contributed by atoms with Crippen molar-refractivity contribution in [1.29, 1.82) is 0 Å². The first kappa shape index (κ1) is 18.9. The molecule has 0 aliphatic rings. The third kappa shape index (κ3) is 4.64. The number of alkyl halides is 3. The Bertz CT molecular complexity index is 870. The number of hydrogen-bond acceptors (Lipinski definition) is 3. The normalized spacial score (nSPS) is 12.8. The van der Waals surface area contributed by atoms with Gasteiger partial charge in [-0.2, -0.15) is 18.3 Å². The molecule has 142 valence electrons. The molecule has 1 atom stereocenters. The quantitative estimate of drug-likeness (QED) is 0.586. The van der Waals surface area contributed by atoms with Crippen LogP contribution in [0.2, 0.25) is 0 Å². The topological polar surface area (TPSA) is 42.7 Å². The molecule has 0 aliphatic carbocycles. The lowest BCUT2D eigenvalue weighted by Gasteiger charge is -2.20. The molecular weight excluding hydrogens is 360 g/mol. The molecule has 2 heterocycles. The molecule has 0 bridgehead atoms. The maximum absolute atomic E-state index is 13.1. The maximum atomic E-state index is 13.1. The SMILES string of the molecule is CCCC(Nc1ccc(-n2cc(C(F)(F)F)cn2)nc1)c1ccc(F)cc1. The fraction of sp³-hybridized carbons (Fsp3) is 0.263. The number of hydrogen-bond donors (Lipinski definition) is 1. The van der Waals surface area contributed by atoms with Gasteiger partial charge in [-0.3, -0.25) is 0 Å². The van der Waals surface area contributed by atoms with Crippen molar-refractivity contribution in [3.05, 3.63) is 71.9 Å². The van der Waals surface area contributed by atoms with Crippen LogP contribution in [0.5, 0.6) is 0 Å². The highest BCUT2D eigenvalue weighted by atomic mass is 19.4. The third-order valence-electron chi connectivity index (χ3n) is 4.08. The summed E-state index contributed by atoms with van der Waals surface area (Å²) in [6.07, 6.45) is 0.516. The molecule has 0 saturated heterocycles. The maximum Gasteiger partial charge on any atom is 0.419 e. The van der Waals surface area contributed by atoms with Crippen LogP contribution in [-0.2, 0) is 6.18 Å². The zero-order chi connectivity index (χ0) is 19.4. The number of nitrogens with zero attached hydrogens (tertiary/aromatic N) is 3. The van der Waals surface area contributed by atoms with Gasteiger partial charge in [0, 0.05) is 6.20 Å². The molecule has 0 radical (unpaired) electrons. The van der Waals surface area contributed by atoms with Gasteiger partial charge >= 0.3 is 6.18 Å². The van der Waals surface area contributed by atoms with Crippen molar-refractivity contribution in [2.45, 2.75) is 32.0 Å². The number of aromatic nitrogens is 3. The molecule has 0 amide bonds. The van der Waals surface area contributed by atoms with Crippen molar-refractivity contribution in [3.63, 3.8) is 0 Å². The van der Waals surface area contributed by atoms with Gasteiger partial charge in [0.25, 0.3) is 0 Å². The van der Waals surface area contributed by atoms with E-state index in [0.29, 0.717) is 5.69 Å². The first-order chi connectivity index (χ1) is 12.9. The van der Waals surface area contributed by atoms with Crippen LogP contribution in [0.4, 0.5) is 23.2 Å². The molecule has 1 aromatic carbocycles. The number of benzene rings is 1. The monoisotopic (exact) mass is 378 g/mol. The zero-order valence-corrected chi connectivity index (χ0v) is 14.5. The first-order valence-corrected chi connectivity index (χ1v) is 8.47. The smallest absolute Gasteiger partial charge is 0.377 e. The number of halogens is 4. The summed E-state index contributed by atoms with van der Waals surface area (Å²) in [6, 6.07) is 9.57. The lowest BCUT2D eigenvalue weighted by Crippen LogP contribution is -2.11. The number of nitrogens with one attached hydrogen (secondary N) is 1. The Morgan fingerprint density at radius 2 is 1.81 bits per heavy atom. The molecule has 1 unspecified atom stereocenters. The molecule has 2 aromatic heterocycles. The lowest BCUT2D eigenvalue weighted by molar-refractivity contribution is -0.137. The van der Waals surface area contributed by atoms with Gasteiger partial charge in [-0.1, -0.05) is 25.5 Å². The van der Waals surface area contributed by atoms with Crippen molar-refractivity contribution in [3.8, 4) is 5.82 Å². The van der Waals surface area contributed by atoms with E-state index in [0.717, 1.165) is 35.5 Å². The van der Waals surface area contributed by atoms with Gasteiger partial charge < -0.3 is 5.32 Å². The van der Waals surface area contributed by atoms with E-state index in [-0.39, 0.29) is 17.7 Å². The van der Waals surface area contributed by atoms with Gasteiger partial charge in [-0.15, -0.1) is 0 Å². The highest BCUT2D eigenvalue weighted by molar-refractivity contribution is 5.46. The number of anilines is 1. The predicted octanol–water partition coefficient (Wildman–Crippen LogP) is 5.38. The summed E-state index contributed by atoms with van der Waals surface area (Å²) in [5.74, 6) is -0.0117. The summed E-state index contributed by atoms with van der Waals surface area (Å²) in [5, 5.41) is 7.04. The molecule has 1 N–H and O–H groups in total. The Kier molecular flexibility index (Phi) is 5.43. The molecule has 4 nitrogen and oxygen atoms in total. The summed E-state index contributed by atoms with van der Waals surface area (Å²) >= 11 is 0. The minimum Gasteiger partial charge on any atom is -0.377 e. The van der Waals surface area contributed by atoms with E-state index in [2.05, 4.69) is 22.3 Å². The van der Waals surface area contributed by atoms with Crippen LogP contribution in [0.1, 0.15) is 36.9 Å². The van der Waals surface area contributed by atoms with Crippen LogP contribution in [0.15, 0.2) is 55.0 Å². The van der Waals surface area contributed by atoms with Crippen LogP contribution in [-0.4, -0.2) is 14.8 Å². The average Bonchev–Trinajstić information content (AvgIpc) is 3.13. The van der Waals surface area contributed by atoms with Gasteiger partial charge in [0.15, 0.2) is 5.82 Å². The number of rotatable bonds is 6. The molecule has 8 heteroatoms. The van der Waals surface area contributed by atoms with E-state index >= 15 is 0 Å². The standard InChI is InChI=1S/C19H18F4N4/c1-2-3-17(13-4-6-15(20)7-5-13)26-16-8-9-18(24-11-16)27-12-14(10-25-27)19(21,22)23/h4-12,17,26H,2-3H2,1H3. The van der Waals surface area contributed by atoms with Gasteiger partial charge in [-0.25, -0.2) is 14.1 Å². The van der Waals surface area contributed by atoms with Gasteiger partial charge in [-0.05, 0) is 36.2 Å². The molecule has 27 heavy (non-hydrogen) atoms. The average molecular weight is 378 g/mol. The summed E-state index contributed by atoms with van der Waals surface area (Å²) in [6.45, 7) is 2.05. The second-order valence-corrected chi connectivity index (χ2v) is 6.11. The third-order valence-corrected chi connectivity index (χ3v) is 4.08. The van der Waals surface area contributed by atoms with Crippen molar-refractivity contribution >= 4 is 5.69 Å². The van der Waals surface area contributed by atoms with Gasteiger partial charge in [0.2, 0.25) is 0 Å². The van der Waals surface area contributed by atoms with Crippen molar-refractivity contribution in [1.82, 2.24) is 14.8 Å². The second-order valence-electron chi connectivity index (χ2n) is 6.11. The van der Waals surface area contributed by atoms with Crippen molar-refractivity contribution < 1.29 is 17.6 Å². The first-order valence-electron chi connectivity index (χ1n) is 8.47. The van der Waals surface area contributed by atoms with E-state index in [1.165, 1.54) is 18.3 Å². The van der Waals surface area contributed by atoms with Gasteiger partial charge in [0.1, 0.15) is 5.82 Å². The molecule has 0 fully saturated rings. The minimum absolute atomic E-state index is 0.0233. The summed E-state index contributed by atoms with van der Waals surface area (Å²) in [7, 11) is 0. The minimum atomic E-state index is -4.44. The molecule has 0 aliphatic heterocycles. The van der Waals surface area contributed by atoms with E-state index in [4.69, 9.17) is 0 Å². The molecule has 3 rings (SSSR count). The summed E-state index contributed by atoms with van der Waals surface area (Å²) in [5.41, 5.74) is 0.833. The zero-order valence-electron chi connectivity index (χ0n) is 14.5. The Hall–Kier alpha value is -2.90. The Morgan fingerprint density at radius 3 is 2.37 bits per heavy atom. The summed E-state index contributed by atoms with van der Waals surface area (Å²) in [4.78, 5) is 4.18. The molecule has 3 aromatic rings.